The lowest BCUT2D eigenvalue weighted by Gasteiger charge is -2.40. The molecule has 36 heavy (non-hydrogen) atoms. The summed E-state index contributed by atoms with van der Waals surface area (Å²) in [7, 11) is 1.37. The summed E-state index contributed by atoms with van der Waals surface area (Å²) in [6.45, 7) is 7.15. The van der Waals surface area contributed by atoms with E-state index in [0.717, 1.165) is 12.8 Å². The highest BCUT2D eigenvalue weighted by Crippen LogP contribution is 2.46. The number of nitrogens with two attached hydrogens (primary N) is 1. The van der Waals surface area contributed by atoms with Crippen molar-refractivity contribution < 1.29 is 28.1 Å². The first-order chi connectivity index (χ1) is 16.8. The van der Waals surface area contributed by atoms with Crippen molar-refractivity contribution in [1.82, 2.24) is 0 Å². The van der Waals surface area contributed by atoms with Gasteiger partial charge in [-0.25, -0.2) is 4.57 Å². The number of rotatable bonds is 25. The predicted molar refractivity (Wildman–Crippen MR) is 152 cm³/mol. The fourth-order valence-corrected chi connectivity index (χ4v) is 6.09. The second-order valence-electron chi connectivity index (χ2n) is 12.0. The maximum Gasteiger partial charge on any atom is 0.470 e. The zero-order valence-electron chi connectivity index (χ0n) is 24.7. The molecule has 0 aromatic heterocycles. The normalized spacial score (nSPS) is 16.1. The summed E-state index contributed by atoms with van der Waals surface area (Å²) >= 11 is 0. The molecule has 3 atom stereocenters. The summed E-state index contributed by atoms with van der Waals surface area (Å²) in [6.07, 6.45) is 19.7. The van der Waals surface area contributed by atoms with Gasteiger partial charge in [0.25, 0.3) is 0 Å². The molecular weight excluding hydrogens is 475 g/mol. The van der Waals surface area contributed by atoms with E-state index in [2.05, 4.69) is 6.92 Å². The lowest BCUT2D eigenvalue weighted by Crippen LogP contribution is -2.52. The van der Waals surface area contributed by atoms with E-state index in [9.17, 15) is 14.4 Å². The molecule has 0 radical (unpaired) electrons. The molecule has 0 bridgehead atoms. The van der Waals surface area contributed by atoms with Crippen molar-refractivity contribution in [2.45, 2.75) is 148 Å². The van der Waals surface area contributed by atoms with Gasteiger partial charge in [-0.05, 0) is 33.1 Å². The van der Waals surface area contributed by atoms with E-state index in [1.807, 2.05) is 35.0 Å². The second kappa shape index (κ2) is 20.0. The Morgan fingerprint density at radius 3 is 1.72 bits per heavy atom. The fraction of sp³-hybridized carbons (Fsp3) is 1.00. The summed E-state index contributed by atoms with van der Waals surface area (Å²) < 4.78 is 23.7. The van der Waals surface area contributed by atoms with E-state index in [1.54, 1.807) is 0 Å². The molecule has 7 nitrogen and oxygen atoms in total. The quantitative estimate of drug-likeness (QED) is 0.0662. The van der Waals surface area contributed by atoms with Gasteiger partial charge >= 0.3 is 7.82 Å². The highest BCUT2D eigenvalue weighted by atomic mass is 31.2. The van der Waals surface area contributed by atoms with Crippen LogP contribution in [-0.4, -0.2) is 66.3 Å². The van der Waals surface area contributed by atoms with Gasteiger partial charge in [-0.15, -0.1) is 0 Å². The molecule has 0 aromatic rings. The van der Waals surface area contributed by atoms with Crippen LogP contribution in [0.2, 0.25) is 0 Å². The van der Waals surface area contributed by atoms with Crippen molar-refractivity contribution >= 4 is 7.82 Å². The van der Waals surface area contributed by atoms with Gasteiger partial charge < -0.3 is 24.7 Å². The van der Waals surface area contributed by atoms with E-state index in [0.29, 0.717) is 36.9 Å². The average Bonchev–Trinajstić information content (AvgIpc) is 2.73. The van der Waals surface area contributed by atoms with Crippen LogP contribution in [0.1, 0.15) is 130 Å². The molecular formula is C28H62N2O5P+. The molecule has 0 saturated carbocycles. The number of ether oxygens (including phenoxy) is 1. The molecule has 0 aliphatic heterocycles. The van der Waals surface area contributed by atoms with Crippen molar-refractivity contribution in [2.24, 2.45) is 5.73 Å². The van der Waals surface area contributed by atoms with Gasteiger partial charge in [-0.1, -0.05) is 90.4 Å². The van der Waals surface area contributed by atoms with Crippen molar-refractivity contribution in [2.75, 3.05) is 34.3 Å². The molecule has 218 valence electrons. The van der Waals surface area contributed by atoms with Gasteiger partial charge in [-0.3, -0.25) is 4.52 Å². The maximum absolute atomic E-state index is 11.9. The van der Waals surface area contributed by atoms with Crippen molar-refractivity contribution in [3.63, 3.8) is 0 Å². The molecule has 8 heteroatoms. The monoisotopic (exact) mass is 537 g/mol. The van der Waals surface area contributed by atoms with Crippen LogP contribution in [0.3, 0.4) is 0 Å². The van der Waals surface area contributed by atoms with Gasteiger partial charge in [0, 0.05) is 19.1 Å². The minimum absolute atomic E-state index is 0.00678. The van der Waals surface area contributed by atoms with Crippen LogP contribution in [0.4, 0.5) is 0 Å². The summed E-state index contributed by atoms with van der Waals surface area (Å²) in [5.74, 6) is 0. The van der Waals surface area contributed by atoms with Crippen molar-refractivity contribution in [3.05, 3.63) is 0 Å². The molecule has 0 spiro atoms. The Kier molecular flexibility index (Phi) is 20.0. The number of nitrogens with zero attached hydrogens (tertiary/aromatic N) is 1. The topological polar surface area (TPSA) is 102 Å². The molecule has 0 amide bonds. The SMILES string of the molecule is CCCCCCCCCCCCCCCC(N)CCC(CC(C)OCC)(C[N+](C)(C)C)OP(=O)(O)O. The van der Waals surface area contributed by atoms with Crippen LogP contribution in [0, 0.1) is 0 Å². The number of unbranched alkanes of at least 4 members (excludes halogenated alkanes) is 12. The zero-order valence-corrected chi connectivity index (χ0v) is 25.6. The van der Waals surface area contributed by atoms with Crippen LogP contribution < -0.4 is 5.73 Å². The highest BCUT2D eigenvalue weighted by Gasteiger charge is 2.43. The van der Waals surface area contributed by atoms with Gasteiger partial charge in [0.05, 0.1) is 27.2 Å². The summed E-state index contributed by atoms with van der Waals surface area (Å²) in [4.78, 5) is 19.4. The zero-order chi connectivity index (χ0) is 27.5. The largest absolute Gasteiger partial charge is 0.470 e. The number of hydrogen-bond donors (Lipinski definition) is 3. The van der Waals surface area contributed by atoms with Crippen molar-refractivity contribution in [1.29, 1.82) is 0 Å². The van der Waals surface area contributed by atoms with Gasteiger partial charge in [0.2, 0.25) is 0 Å². The smallest absolute Gasteiger partial charge is 0.379 e. The number of quaternary nitrogens is 1. The third-order valence-electron chi connectivity index (χ3n) is 6.83. The average molecular weight is 538 g/mol. The molecule has 4 N–H and O–H groups in total. The minimum Gasteiger partial charge on any atom is -0.379 e. The molecule has 0 aliphatic carbocycles. The van der Waals surface area contributed by atoms with E-state index in [-0.39, 0.29) is 12.1 Å². The van der Waals surface area contributed by atoms with Gasteiger partial charge in [0.1, 0.15) is 12.1 Å². The Bertz CT molecular complexity index is 567. The Morgan fingerprint density at radius 2 is 1.31 bits per heavy atom. The highest BCUT2D eigenvalue weighted by molar-refractivity contribution is 7.46. The Morgan fingerprint density at radius 1 is 0.833 bits per heavy atom. The molecule has 0 saturated heterocycles. The lowest BCUT2D eigenvalue weighted by molar-refractivity contribution is -0.876. The number of hydrogen-bond acceptors (Lipinski definition) is 4. The molecule has 0 heterocycles. The van der Waals surface area contributed by atoms with E-state index < -0.39 is 13.4 Å². The van der Waals surface area contributed by atoms with Crippen LogP contribution in [0.5, 0.6) is 0 Å². The number of phosphoric acid groups is 1. The van der Waals surface area contributed by atoms with Gasteiger partial charge in [-0.2, -0.15) is 0 Å². The predicted octanol–water partition coefficient (Wildman–Crippen LogP) is 6.94. The molecule has 3 unspecified atom stereocenters. The van der Waals surface area contributed by atoms with Gasteiger partial charge in [0.15, 0.2) is 0 Å². The third-order valence-corrected chi connectivity index (χ3v) is 7.46. The van der Waals surface area contributed by atoms with Crippen LogP contribution >= 0.6 is 7.82 Å². The number of phosphoric ester groups is 1. The van der Waals surface area contributed by atoms with Crippen LogP contribution in [0.25, 0.3) is 0 Å². The van der Waals surface area contributed by atoms with Crippen molar-refractivity contribution in [3.8, 4) is 0 Å². The molecule has 0 fully saturated rings. The second-order valence-corrected chi connectivity index (χ2v) is 13.2. The summed E-state index contributed by atoms with van der Waals surface area (Å²) in [6, 6.07) is 0.00678. The first-order valence-electron chi connectivity index (χ1n) is 14.8. The molecule has 0 aliphatic rings. The third kappa shape index (κ3) is 22.0. The van der Waals surface area contributed by atoms with E-state index >= 15 is 0 Å². The maximum atomic E-state index is 11.9. The Hall–Kier alpha value is -0.0100. The Balaban J connectivity index is 4.41. The first-order valence-corrected chi connectivity index (χ1v) is 16.3. The standard InChI is InChI=1S/C28H61N2O5P/c1-7-9-10-11-12-13-14-15-16-17-18-19-20-21-27(29)22-23-28(25-30(4,5)6,35-36(31,32)33)24-26(3)34-8-2/h26-27H,7-25,29H2,1-6H3,(H-,31,32,33)/p+1. The molecule has 0 aromatic carbocycles. The fourth-order valence-electron chi connectivity index (χ4n) is 5.36. The van der Waals surface area contributed by atoms with E-state index in [1.165, 1.54) is 77.0 Å². The lowest BCUT2D eigenvalue weighted by atomic mass is 9.87. The number of likely N-dealkylation sites (N-methyl/N-ethyl adjacent to an activating group) is 1. The minimum atomic E-state index is -4.67. The Labute approximate surface area is 223 Å². The summed E-state index contributed by atoms with van der Waals surface area (Å²) in [5.41, 5.74) is 5.46. The molecule has 0 rings (SSSR count). The summed E-state index contributed by atoms with van der Waals surface area (Å²) in [5, 5.41) is 0. The van der Waals surface area contributed by atoms with E-state index in [4.69, 9.17) is 15.0 Å². The van der Waals surface area contributed by atoms with Crippen LogP contribution in [0.15, 0.2) is 0 Å². The first kappa shape index (κ1) is 36.0. The van der Waals surface area contributed by atoms with Crippen LogP contribution in [-0.2, 0) is 13.8 Å².